The molecule has 20 rings (SSSR count). The van der Waals surface area contributed by atoms with Gasteiger partial charge in [-0.05, 0) is 178 Å². The number of hydrogen-bond donors (Lipinski definition) is 1. The number of aromatic nitrogens is 13. The quantitative estimate of drug-likeness (QED) is 0.0435. The number of anilines is 5. The summed E-state index contributed by atoms with van der Waals surface area (Å²) in [5.41, 5.74) is 18.6. The Morgan fingerprint density at radius 2 is 0.634 bits per heavy atom. The van der Waals surface area contributed by atoms with E-state index in [1.165, 1.54) is 36.5 Å². The van der Waals surface area contributed by atoms with Crippen molar-refractivity contribution in [2.24, 2.45) is 28.2 Å². The fraction of sp³-hybridized carbons (Fsp3) is 0.318. The van der Waals surface area contributed by atoms with Gasteiger partial charge in [-0.2, -0.15) is 39.5 Å². The molecule has 4 aliphatic rings. The zero-order valence-corrected chi connectivity index (χ0v) is 81.7. The maximum atomic E-state index is 13.1. The number of benzene rings is 7. The molecule has 35 heteroatoms. The molecule has 0 atom stereocenters. The van der Waals surface area contributed by atoms with Crippen molar-refractivity contribution in [2.45, 2.75) is 94.8 Å². The van der Waals surface area contributed by atoms with Gasteiger partial charge in [0.05, 0.1) is 65.2 Å². The monoisotopic (exact) mass is 1980 g/mol. The van der Waals surface area contributed by atoms with Crippen LogP contribution in [0.25, 0.3) is 89.7 Å². The van der Waals surface area contributed by atoms with Crippen molar-refractivity contribution in [3.63, 3.8) is 0 Å². The summed E-state index contributed by atoms with van der Waals surface area (Å²) in [4.78, 5) is 108. The van der Waals surface area contributed by atoms with Crippen LogP contribution in [0.2, 0.25) is 0 Å². The molecule has 4 fully saturated rings. The van der Waals surface area contributed by atoms with Crippen molar-refractivity contribution in [3.8, 4) is 45.6 Å². The minimum absolute atomic E-state index is 0.0110. The maximum absolute atomic E-state index is 13.1. The van der Waals surface area contributed by atoms with Crippen LogP contribution in [0.15, 0.2) is 237 Å². The first-order valence-corrected chi connectivity index (χ1v) is 48.0. The van der Waals surface area contributed by atoms with Crippen LogP contribution in [0.4, 0.5) is 68.6 Å². The number of morpholine rings is 2. The van der Waals surface area contributed by atoms with Crippen LogP contribution in [-0.2, 0) is 104 Å². The van der Waals surface area contributed by atoms with Crippen LogP contribution in [0.5, 0.6) is 0 Å². The van der Waals surface area contributed by atoms with Gasteiger partial charge in [0.25, 0.3) is 0 Å². The molecule has 4 saturated heterocycles. The molecule has 2 N–H and O–H groups in total. The Bertz CT molecular complexity index is 7350. The van der Waals surface area contributed by atoms with E-state index in [1.807, 2.05) is 177 Å². The maximum Gasteiger partial charge on any atom is 0.416 e. The predicted octanol–water partition coefficient (Wildman–Crippen LogP) is 18.9. The van der Waals surface area contributed by atoms with Crippen LogP contribution >= 0.6 is 0 Å². The van der Waals surface area contributed by atoms with Crippen molar-refractivity contribution >= 4 is 96.4 Å². The van der Waals surface area contributed by atoms with Crippen molar-refractivity contribution in [1.29, 1.82) is 0 Å². The summed E-state index contributed by atoms with van der Waals surface area (Å²) in [6.45, 7) is 9.32. The van der Waals surface area contributed by atoms with E-state index in [-0.39, 0.29) is 67.2 Å². The normalized spacial score (nSPS) is 14.6. The number of carbonyl (C=O) groups is 4. The minimum Gasteiger partial charge on any atom is -0.384 e. The fourth-order valence-corrected chi connectivity index (χ4v) is 18.8. The Balaban J connectivity index is 0.000000133. The summed E-state index contributed by atoms with van der Waals surface area (Å²) in [6, 6.07) is 56.8. The summed E-state index contributed by atoms with van der Waals surface area (Å²) in [5.74, 6) is 5.70. The Morgan fingerprint density at radius 1 is 0.331 bits per heavy atom. The largest absolute Gasteiger partial charge is 0.416 e. The standard InChI is InChI=1S/C30H32F3N5O.C29H30F3N5O.C27H25F3N4O2.C24H24N6O2/c1-36(2)24-10-14-38(15-11-24)29-27-26(12-13-37(27)3)34-28(35-29)22-8-4-6-20(16-22)18-25(39)19-21-7-5-9-23(17-21)30(31,32)33;1-35(2)23-10-14-37(15-11-23)28-26-24(12-13-36(26)3)33-27(34-28)21-8-4-6-19(16-21)17-25(38)20-7-5-9-22(18-20)29(30,31)32;1-33-10-9-23-24(33)26(34-11-13-36-14-12-34)32-25(31-23)20-4-2-3-19(15-20)17-22(35)16-18-5-7-21(8-6-18)27(28,29)30;1-29-8-7-19-22(29)24(30-9-11-32-12-10-30)28-23(27-19)17-4-2-3-16(13-17)14-20(31)18-5-6-21(25)26-15-18/h4-9,12-13,16-17,24H,10-11,14-15,18-19H2,1-3H3;4-9,12-13,16,18,23H,10-11,14-15,17H2,1-3H3;2-10,15H,11-14,16-17H2,1H3;2-8,13,15H,9-12,14H2,1H3,(H2,25,26). The molecule has 145 heavy (non-hydrogen) atoms. The summed E-state index contributed by atoms with van der Waals surface area (Å²) in [5, 5.41) is 0. The molecular weight excluding hydrogens is 1870 g/mol. The first-order chi connectivity index (χ1) is 69.5. The number of carbonyl (C=O) groups excluding carboxylic acids is 4. The molecule has 7 aromatic carbocycles. The number of Topliss-reactive ketones (excluding diaryl/α,β-unsaturated/α-hetero) is 4. The second-order valence-electron chi connectivity index (χ2n) is 37.4. The Kier molecular flexibility index (Phi) is 30.9. The van der Waals surface area contributed by atoms with Gasteiger partial charge in [0.15, 0.2) is 58.1 Å². The molecule has 4 aliphatic heterocycles. The van der Waals surface area contributed by atoms with Crippen LogP contribution in [-0.4, -0.2) is 215 Å². The average Bonchev–Trinajstić information content (AvgIpc) is 1.37. The molecule has 9 aromatic heterocycles. The third-order valence-corrected chi connectivity index (χ3v) is 26.6. The first-order valence-electron chi connectivity index (χ1n) is 48.0. The van der Waals surface area contributed by atoms with Crippen LogP contribution < -0.4 is 25.3 Å². The lowest BCUT2D eigenvalue weighted by Gasteiger charge is -2.36. The number of nitrogens with two attached hydrogens (primary N) is 1. The van der Waals surface area contributed by atoms with Gasteiger partial charge in [-0.1, -0.05) is 115 Å². The number of alkyl halides is 9. The summed E-state index contributed by atoms with van der Waals surface area (Å²) >= 11 is 0. The van der Waals surface area contributed by atoms with Gasteiger partial charge in [-0.15, -0.1) is 0 Å². The lowest BCUT2D eigenvalue weighted by molar-refractivity contribution is -0.138. The van der Waals surface area contributed by atoms with Crippen LogP contribution in [0, 0.1) is 0 Å². The molecule has 0 saturated carbocycles. The first kappa shape index (κ1) is 102. The molecular formula is C110H111F9N20O6. The van der Waals surface area contributed by atoms with Gasteiger partial charge in [-0.25, -0.2) is 44.9 Å². The third kappa shape index (κ3) is 24.6. The third-order valence-electron chi connectivity index (χ3n) is 26.6. The Hall–Kier alpha value is -14.9. The molecule has 0 aliphatic carbocycles. The van der Waals surface area contributed by atoms with Gasteiger partial charge in [0, 0.05) is 196 Å². The van der Waals surface area contributed by atoms with Gasteiger partial charge in [0.2, 0.25) is 0 Å². The van der Waals surface area contributed by atoms with Crippen molar-refractivity contribution in [2.75, 3.05) is 132 Å². The second-order valence-corrected chi connectivity index (χ2v) is 37.4. The zero-order chi connectivity index (χ0) is 102. The minimum atomic E-state index is -4.50. The van der Waals surface area contributed by atoms with Gasteiger partial charge < -0.3 is 62.9 Å². The van der Waals surface area contributed by atoms with Crippen LogP contribution in [0.3, 0.4) is 0 Å². The molecule has 0 amide bonds. The van der Waals surface area contributed by atoms with Crippen molar-refractivity contribution < 1.29 is 68.2 Å². The van der Waals surface area contributed by atoms with Crippen LogP contribution in [0.1, 0.15) is 96.5 Å². The summed E-state index contributed by atoms with van der Waals surface area (Å²) < 4.78 is 136. The zero-order valence-electron chi connectivity index (χ0n) is 81.7. The Morgan fingerprint density at radius 3 is 0.966 bits per heavy atom. The van der Waals surface area contributed by atoms with Crippen molar-refractivity contribution in [1.82, 2.24) is 72.9 Å². The van der Waals surface area contributed by atoms with E-state index < -0.39 is 35.2 Å². The number of pyridine rings is 1. The molecule has 26 nitrogen and oxygen atoms in total. The number of aryl methyl sites for hydroxylation is 4. The summed E-state index contributed by atoms with van der Waals surface area (Å²) in [6.07, 6.45) is 0.856. The van der Waals surface area contributed by atoms with E-state index >= 15 is 0 Å². The molecule has 750 valence electrons. The number of piperidine rings is 2. The van der Waals surface area contributed by atoms with Gasteiger partial charge in [-0.3, -0.25) is 19.2 Å². The summed E-state index contributed by atoms with van der Waals surface area (Å²) in [7, 11) is 16.4. The lowest BCUT2D eigenvalue weighted by Crippen LogP contribution is -2.42. The highest BCUT2D eigenvalue weighted by atomic mass is 19.4. The molecule has 13 heterocycles. The van der Waals surface area contributed by atoms with E-state index in [0.29, 0.717) is 89.9 Å². The highest BCUT2D eigenvalue weighted by Gasteiger charge is 2.35. The molecule has 16 aromatic rings. The molecule has 0 bridgehead atoms. The molecule has 0 radical (unpaired) electrons. The SMILES string of the molecule is CN(C)C1CCN(c2nc(-c3cccc(CC(=O)Cc4cccc(C(F)(F)F)c4)c3)nc3ccn(C)c23)CC1.CN(C)C1CCN(c2nc(-c3cccc(CC(=O)c4cccc(C(F)(F)F)c4)c3)nc3ccn(C)c23)CC1.Cn1ccc2nc(-c3cccc(CC(=O)Cc4ccc(C(F)(F)F)cc4)c3)nc(N3CCOCC3)c21.Cn1ccc2nc(-c3cccc(CC(=O)c4ccc(N)nc4)c3)nc(N3CCOCC3)c21. The number of hydrogen-bond acceptors (Lipinski definition) is 22. The highest BCUT2D eigenvalue weighted by Crippen LogP contribution is 2.39. The number of fused-ring (bicyclic) bond motifs is 4. The number of nitrogen functional groups attached to an aromatic ring is 1. The fourth-order valence-electron chi connectivity index (χ4n) is 18.8. The average molecular weight is 1980 g/mol. The van der Waals surface area contributed by atoms with E-state index in [2.05, 4.69) is 71.7 Å². The number of ether oxygens (including phenoxy) is 2. The second kappa shape index (κ2) is 44.1. The number of rotatable bonds is 24. The van der Waals surface area contributed by atoms with Crippen molar-refractivity contribution in [3.05, 3.63) is 298 Å². The molecule has 0 unspecified atom stereocenters. The van der Waals surface area contributed by atoms with E-state index in [1.54, 1.807) is 24.3 Å². The van der Waals surface area contributed by atoms with E-state index in [0.717, 1.165) is 221 Å². The molecule has 0 spiro atoms. The van der Waals surface area contributed by atoms with Gasteiger partial charge >= 0.3 is 18.5 Å². The highest BCUT2D eigenvalue weighted by molar-refractivity contribution is 5.99. The lowest BCUT2D eigenvalue weighted by atomic mass is 9.99. The van der Waals surface area contributed by atoms with E-state index in [9.17, 15) is 58.7 Å². The number of halogens is 9. The topological polar surface area (TPSA) is 268 Å². The predicted molar refractivity (Wildman–Crippen MR) is 544 cm³/mol. The Labute approximate surface area is 832 Å². The smallest absolute Gasteiger partial charge is 0.384 e. The van der Waals surface area contributed by atoms with Gasteiger partial charge in [0.1, 0.15) is 39.5 Å². The number of ketones is 4. The number of nitrogens with zero attached hydrogens (tertiary/aromatic N) is 19. The van der Waals surface area contributed by atoms with E-state index in [4.69, 9.17) is 55.1 Å².